The minimum atomic E-state index is -0.553. The van der Waals surface area contributed by atoms with Crippen molar-refractivity contribution in [2.24, 2.45) is 0 Å². The van der Waals surface area contributed by atoms with Gasteiger partial charge in [0.05, 0.1) is 19.3 Å². The second-order valence-electron chi connectivity index (χ2n) is 3.62. The predicted molar refractivity (Wildman–Crippen MR) is 68.8 cm³/mol. The van der Waals surface area contributed by atoms with E-state index in [1.54, 1.807) is 7.11 Å². The van der Waals surface area contributed by atoms with Gasteiger partial charge in [-0.3, -0.25) is 0 Å². The number of nitrogens with two attached hydrogens (primary N) is 1. The molecule has 0 aliphatic heterocycles. The van der Waals surface area contributed by atoms with E-state index >= 15 is 0 Å². The number of aliphatic hydroxyl groups excluding tert-OH is 1. The molecule has 0 fully saturated rings. The summed E-state index contributed by atoms with van der Waals surface area (Å²) in [4.78, 5) is 1.86. The van der Waals surface area contributed by atoms with E-state index < -0.39 is 6.10 Å². The van der Waals surface area contributed by atoms with Crippen LogP contribution in [0, 0.1) is 0 Å². The highest BCUT2D eigenvalue weighted by Gasteiger charge is 2.18. The molecule has 98 valence electrons. The fourth-order valence-electron chi connectivity index (χ4n) is 1.45. The lowest BCUT2D eigenvalue weighted by Crippen LogP contribution is -2.31. The Bertz CT molecular complexity index is 346. The molecule has 0 aromatic carbocycles. The van der Waals surface area contributed by atoms with Gasteiger partial charge in [-0.15, -0.1) is 0 Å². The number of nitrogen functional groups attached to an aromatic ring is 1. The topological polar surface area (TPSA) is 80.8 Å². The summed E-state index contributed by atoms with van der Waals surface area (Å²) in [6, 6.07) is 0. The lowest BCUT2D eigenvalue weighted by molar-refractivity contribution is 0.0695. The van der Waals surface area contributed by atoms with Crippen molar-refractivity contribution >= 4 is 22.4 Å². The first kappa shape index (κ1) is 14.0. The first-order valence-electron chi connectivity index (χ1n) is 5.36. The monoisotopic (exact) mass is 261 g/mol. The lowest BCUT2D eigenvalue weighted by Gasteiger charge is -2.21. The molecule has 3 N–H and O–H groups in total. The second kappa shape index (κ2) is 6.63. The van der Waals surface area contributed by atoms with Gasteiger partial charge in [0.1, 0.15) is 0 Å². The first-order valence-corrected chi connectivity index (χ1v) is 6.13. The summed E-state index contributed by atoms with van der Waals surface area (Å²) < 4.78 is 14.4. The number of hydrogen-bond donors (Lipinski definition) is 2. The third-order valence-corrected chi connectivity index (χ3v) is 3.09. The van der Waals surface area contributed by atoms with Gasteiger partial charge in [0.25, 0.3) is 0 Å². The molecule has 0 radical (unpaired) electrons. The summed E-state index contributed by atoms with van der Waals surface area (Å²) in [6.07, 6.45) is -0.553. The van der Waals surface area contributed by atoms with Crippen LogP contribution in [0.1, 0.15) is 6.92 Å². The molecule has 0 spiro atoms. The quantitative estimate of drug-likeness (QED) is 0.747. The van der Waals surface area contributed by atoms with Gasteiger partial charge in [-0.25, -0.2) is 0 Å². The fourth-order valence-corrected chi connectivity index (χ4v) is 2.18. The lowest BCUT2D eigenvalue weighted by atomic mass is 10.3. The van der Waals surface area contributed by atoms with Gasteiger partial charge in [-0.1, -0.05) is 0 Å². The zero-order valence-electron chi connectivity index (χ0n) is 10.3. The number of aromatic nitrogens is 1. The Balaban J connectivity index is 2.70. The number of hydrogen-bond acceptors (Lipinski definition) is 7. The minimum Gasteiger partial charge on any atom is -0.487 e. The van der Waals surface area contributed by atoms with Gasteiger partial charge >= 0.3 is 0 Å². The second-order valence-corrected chi connectivity index (χ2v) is 4.38. The van der Waals surface area contributed by atoms with Crippen LogP contribution in [0.5, 0.6) is 5.75 Å². The Morgan fingerprint density at radius 2 is 2.29 bits per heavy atom. The molecule has 0 amide bonds. The SMILES string of the molecule is CCOc1c(N)nsc1N(C)CC(O)COC. The summed E-state index contributed by atoms with van der Waals surface area (Å²) in [5, 5.41) is 10.5. The van der Waals surface area contributed by atoms with Crippen LogP contribution in [0.3, 0.4) is 0 Å². The number of rotatable bonds is 7. The minimum absolute atomic E-state index is 0.294. The van der Waals surface area contributed by atoms with Crippen LogP contribution in [0.15, 0.2) is 0 Å². The van der Waals surface area contributed by atoms with Gasteiger partial charge in [0.15, 0.2) is 16.6 Å². The summed E-state index contributed by atoms with van der Waals surface area (Å²) in [6.45, 7) is 3.16. The molecule has 0 bridgehead atoms. The maximum atomic E-state index is 9.65. The van der Waals surface area contributed by atoms with Crippen molar-refractivity contribution in [1.29, 1.82) is 0 Å². The van der Waals surface area contributed by atoms with Crippen LogP contribution in [0.2, 0.25) is 0 Å². The number of anilines is 2. The Hall–Kier alpha value is -1.05. The van der Waals surface area contributed by atoms with Crippen LogP contribution in [-0.4, -0.2) is 49.5 Å². The van der Waals surface area contributed by atoms with Crippen LogP contribution in [-0.2, 0) is 4.74 Å². The molecule has 1 atom stereocenters. The number of ether oxygens (including phenoxy) is 2. The molecule has 6 nitrogen and oxygen atoms in total. The standard InChI is InChI=1S/C10H19N3O3S/c1-4-16-8-9(11)12-17-10(8)13(2)5-7(14)6-15-3/h7,14H,4-6H2,1-3H3,(H2,11,12). The number of methoxy groups -OCH3 is 1. The molecule has 1 aromatic heterocycles. The number of likely N-dealkylation sites (N-methyl/N-ethyl adjacent to an activating group) is 1. The zero-order valence-corrected chi connectivity index (χ0v) is 11.2. The van der Waals surface area contributed by atoms with Crippen molar-refractivity contribution in [2.45, 2.75) is 13.0 Å². The van der Waals surface area contributed by atoms with Gasteiger partial charge in [-0.2, -0.15) is 4.37 Å². The van der Waals surface area contributed by atoms with E-state index in [4.69, 9.17) is 15.2 Å². The van der Waals surface area contributed by atoms with E-state index in [9.17, 15) is 5.11 Å². The molecular weight excluding hydrogens is 242 g/mol. The van der Waals surface area contributed by atoms with Crippen molar-refractivity contribution in [2.75, 3.05) is 44.5 Å². The highest BCUT2D eigenvalue weighted by atomic mass is 32.1. The van der Waals surface area contributed by atoms with Crippen molar-refractivity contribution < 1.29 is 14.6 Å². The van der Waals surface area contributed by atoms with Crippen molar-refractivity contribution in [3.05, 3.63) is 0 Å². The van der Waals surface area contributed by atoms with Crippen molar-refractivity contribution in [3.63, 3.8) is 0 Å². The Morgan fingerprint density at radius 1 is 1.59 bits per heavy atom. The largest absolute Gasteiger partial charge is 0.487 e. The van der Waals surface area contributed by atoms with E-state index in [-0.39, 0.29) is 0 Å². The van der Waals surface area contributed by atoms with Crippen LogP contribution < -0.4 is 15.4 Å². The van der Waals surface area contributed by atoms with Gasteiger partial charge in [-0.05, 0) is 18.5 Å². The maximum absolute atomic E-state index is 9.65. The van der Waals surface area contributed by atoms with E-state index in [0.29, 0.717) is 31.3 Å². The average Bonchev–Trinajstić information content (AvgIpc) is 2.61. The molecule has 0 aliphatic rings. The van der Waals surface area contributed by atoms with Crippen molar-refractivity contribution in [3.8, 4) is 5.75 Å². The molecule has 0 saturated heterocycles. The smallest absolute Gasteiger partial charge is 0.197 e. The Morgan fingerprint density at radius 3 is 2.88 bits per heavy atom. The molecule has 0 aliphatic carbocycles. The first-order chi connectivity index (χ1) is 8.10. The normalized spacial score (nSPS) is 12.5. The summed E-state index contributed by atoms with van der Waals surface area (Å²) in [5.41, 5.74) is 5.72. The summed E-state index contributed by atoms with van der Waals surface area (Å²) in [7, 11) is 3.41. The highest BCUT2D eigenvalue weighted by molar-refractivity contribution is 7.11. The van der Waals surface area contributed by atoms with Gasteiger partial charge in [0, 0.05) is 20.7 Å². The van der Waals surface area contributed by atoms with E-state index in [1.807, 2.05) is 18.9 Å². The molecule has 1 unspecified atom stereocenters. The zero-order chi connectivity index (χ0) is 12.8. The van der Waals surface area contributed by atoms with Gasteiger partial charge < -0.3 is 25.2 Å². The summed E-state index contributed by atoms with van der Waals surface area (Å²) in [5.74, 6) is 0.976. The molecule has 1 aromatic rings. The van der Waals surface area contributed by atoms with E-state index in [2.05, 4.69) is 4.37 Å². The van der Waals surface area contributed by atoms with E-state index in [1.165, 1.54) is 11.5 Å². The third kappa shape index (κ3) is 3.72. The molecule has 0 saturated carbocycles. The molecule has 1 rings (SSSR count). The van der Waals surface area contributed by atoms with Crippen LogP contribution in [0.4, 0.5) is 10.8 Å². The summed E-state index contributed by atoms with van der Waals surface area (Å²) >= 11 is 1.26. The Kier molecular flexibility index (Phi) is 5.46. The molecule has 7 heteroatoms. The van der Waals surface area contributed by atoms with Crippen molar-refractivity contribution in [1.82, 2.24) is 4.37 Å². The Labute approximate surface area is 105 Å². The maximum Gasteiger partial charge on any atom is 0.197 e. The van der Waals surface area contributed by atoms with Crippen LogP contribution in [0.25, 0.3) is 0 Å². The highest BCUT2D eigenvalue weighted by Crippen LogP contribution is 2.37. The van der Waals surface area contributed by atoms with Gasteiger partial charge in [0.2, 0.25) is 0 Å². The number of aliphatic hydroxyl groups is 1. The molecule has 17 heavy (non-hydrogen) atoms. The third-order valence-electron chi connectivity index (χ3n) is 2.14. The predicted octanol–water partition coefficient (Wildman–Crippen LogP) is 0.567. The molecular formula is C10H19N3O3S. The van der Waals surface area contributed by atoms with Crippen LogP contribution >= 0.6 is 11.5 Å². The fraction of sp³-hybridized carbons (Fsp3) is 0.700. The van der Waals surface area contributed by atoms with E-state index in [0.717, 1.165) is 5.00 Å². The average molecular weight is 261 g/mol. The molecule has 1 heterocycles. The number of nitrogens with zero attached hydrogens (tertiary/aromatic N) is 2.